The number of rotatable bonds is 6. The van der Waals surface area contributed by atoms with Gasteiger partial charge >= 0.3 is 7.12 Å². The van der Waals surface area contributed by atoms with Crippen LogP contribution in [0.4, 0.5) is 0 Å². The lowest BCUT2D eigenvalue weighted by atomic mass is 9.83. The molecule has 1 aliphatic rings. The Kier molecular flexibility index (Phi) is 6.80. The Bertz CT molecular complexity index is 153. The average molecular weight is 196 g/mol. The van der Waals surface area contributed by atoms with Crippen LogP contribution < -0.4 is 0 Å². The van der Waals surface area contributed by atoms with Crippen LogP contribution in [0, 0.1) is 0 Å². The molecule has 14 heavy (non-hydrogen) atoms. The van der Waals surface area contributed by atoms with Gasteiger partial charge in [0.05, 0.1) is 0 Å². The molecule has 0 atom stereocenters. The Balaban J connectivity index is 1.95. The van der Waals surface area contributed by atoms with Gasteiger partial charge in [-0.1, -0.05) is 31.9 Å². The van der Waals surface area contributed by atoms with Crippen molar-refractivity contribution in [2.45, 2.75) is 45.3 Å². The minimum Gasteiger partial charge on any atom is -0.411 e. The topological polar surface area (TPSA) is 18.5 Å². The maximum atomic E-state index is 5.43. The van der Waals surface area contributed by atoms with Crippen molar-refractivity contribution in [2.75, 3.05) is 13.2 Å². The fourth-order valence-electron chi connectivity index (χ4n) is 1.51. The van der Waals surface area contributed by atoms with E-state index in [9.17, 15) is 0 Å². The van der Waals surface area contributed by atoms with Crippen molar-refractivity contribution in [1.29, 1.82) is 0 Å². The van der Waals surface area contributed by atoms with Crippen LogP contribution in [-0.2, 0) is 9.31 Å². The molecule has 0 N–H and O–H groups in total. The summed E-state index contributed by atoms with van der Waals surface area (Å²) >= 11 is 0. The van der Waals surface area contributed by atoms with E-state index in [-0.39, 0.29) is 7.12 Å². The molecule has 0 aliphatic carbocycles. The lowest BCUT2D eigenvalue weighted by Crippen LogP contribution is -2.28. The van der Waals surface area contributed by atoms with E-state index in [1.807, 2.05) is 0 Å². The molecule has 0 aromatic heterocycles. The first-order valence-electron chi connectivity index (χ1n) is 5.81. The summed E-state index contributed by atoms with van der Waals surface area (Å²) in [5, 5.41) is 0. The fraction of sp³-hybridized carbons (Fsp3) is 0.818. The largest absolute Gasteiger partial charge is 0.460 e. The molecule has 0 aromatic rings. The van der Waals surface area contributed by atoms with Crippen LogP contribution in [0.25, 0.3) is 0 Å². The maximum absolute atomic E-state index is 5.43. The minimum absolute atomic E-state index is 0.0196. The summed E-state index contributed by atoms with van der Waals surface area (Å²) in [6.45, 7) is 3.94. The summed E-state index contributed by atoms with van der Waals surface area (Å²) in [6.07, 6.45) is 11.5. The third kappa shape index (κ3) is 5.45. The van der Waals surface area contributed by atoms with E-state index in [0.717, 1.165) is 26.0 Å². The zero-order chi connectivity index (χ0) is 10.1. The van der Waals surface area contributed by atoms with E-state index < -0.39 is 0 Å². The van der Waals surface area contributed by atoms with Crippen molar-refractivity contribution in [3.05, 3.63) is 12.2 Å². The van der Waals surface area contributed by atoms with Gasteiger partial charge in [0.25, 0.3) is 0 Å². The van der Waals surface area contributed by atoms with Gasteiger partial charge in [0, 0.05) is 19.5 Å². The van der Waals surface area contributed by atoms with Crippen molar-refractivity contribution in [3.63, 3.8) is 0 Å². The summed E-state index contributed by atoms with van der Waals surface area (Å²) in [5.74, 6) is 0. The molecule has 1 fully saturated rings. The molecule has 0 bridgehead atoms. The molecule has 0 spiro atoms. The smallest absolute Gasteiger partial charge is 0.411 e. The Hall–Kier alpha value is -0.275. The third-order valence-electron chi connectivity index (χ3n) is 2.37. The molecule has 0 unspecified atom stereocenters. The average Bonchev–Trinajstić information content (AvgIpc) is 2.25. The van der Waals surface area contributed by atoms with Gasteiger partial charge in [0.15, 0.2) is 0 Å². The van der Waals surface area contributed by atoms with Crippen molar-refractivity contribution in [1.82, 2.24) is 0 Å². The second-order valence-electron chi connectivity index (χ2n) is 3.73. The summed E-state index contributed by atoms with van der Waals surface area (Å²) < 4.78 is 10.9. The van der Waals surface area contributed by atoms with E-state index in [1.54, 1.807) is 0 Å². The molecular weight excluding hydrogens is 175 g/mol. The first-order valence-corrected chi connectivity index (χ1v) is 5.81. The standard InChI is InChI=1S/C11H21BO2/c1-2-3-4-5-6-7-9-12-13-10-8-11-14-12/h6-7H,2-5,8-11H2,1H3/b7-6+. The van der Waals surface area contributed by atoms with Crippen LogP contribution in [0.3, 0.4) is 0 Å². The lowest BCUT2D eigenvalue weighted by Gasteiger charge is -2.18. The van der Waals surface area contributed by atoms with Gasteiger partial charge in [-0.05, 0) is 19.3 Å². The van der Waals surface area contributed by atoms with Gasteiger partial charge in [-0.25, -0.2) is 0 Å². The number of hydrogen-bond donors (Lipinski definition) is 0. The molecule has 0 radical (unpaired) electrons. The van der Waals surface area contributed by atoms with Crippen molar-refractivity contribution in [3.8, 4) is 0 Å². The molecule has 1 heterocycles. The minimum atomic E-state index is 0.0196. The van der Waals surface area contributed by atoms with E-state index in [2.05, 4.69) is 19.1 Å². The summed E-state index contributed by atoms with van der Waals surface area (Å²) in [5.41, 5.74) is 0. The molecule has 80 valence electrons. The molecule has 1 saturated heterocycles. The zero-order valence-electron chi connectivity index (χ0n) is 9.21. The van der Waals surface area contributed by atoms with Crippen molar-refractivity contribution in [2.24, 2.45) is 0 Å². The normalized spacial score (nSPS) is 17.9. The molecule has 0 saturated carbocycles. The zero-order valence-corrected chi connectivity index (χ0v) is 9.21. The van der Waals surface area contributed by atoms with Gasteiger partial charge in [0.1, 0.15) is 0 Å². The molecular formula is C11H21BO2. The highest BCUT2D eigenvalue weighted by molar-refractivity contribution is 6.45. The van der Waals surface area contributed by atoms with Crippen LogP contribution in [0.15, 0.2) is 12.2 Å². The highest BCUT2D eigenvalue weighted by Crippen LogP contribution is 2.07. The molecule has 3 heteroatoms. The van der Waals surface area contributed by atoms with Gasteiger partial charge in [-0.2, -0.15) is 0 Å². The van der Waals surface area contributed by atoms with Gasteiger partial charge < -0.3 is 9.31 Å². The van der Waals surface area contributed by atoms with Crippen LogP contribution in [0.5, 0.6) is 0 Å². The molecule has 2 nitrogen and oxygen atoms in total. The molecule has 1 rings (SSSR count). The Morgan fingerprint density at radius 2 is 1.93 bits per heavy atom. The monoisotopic (exact) mass is 196 g/mol. The van der Waals surface area contributed by atoms with Gasteiger partial charge in [-0.15, -0.1) is 0 Å². The van der Waals surface area contributed by atoms with Crippen LogP contribution >= 0.6 is 0 Å². The summed E-state index contributed by atoms with van der Waals surface area (Å²) in [7, 11) is 0.0196. The second kappa shape index (κ2) is 8.07. The highest BCUT2D eigenvalue weighted by Gasteiger charge is 2.19. The second-order valence-corrected chi connectivity index (χ2v) is 3.73. The van der Waals surface area contributed by atoms with Crippen LogP contribution in [-0.4, -0.2) is 20.3 Å². The fourth-order valence-corrected chi connectivity index (χ4v) is 1.51. The van der Waals surface area contributed by atoms with Gasteiger partial charge in [-0.3, -0.25) is 0 Å². The highest BCUT2D eigenvalue weighted by atomic mass is 16.6. The first-order chi connectivity index (χ1) is 6.93. The Labute approximate surface area is 87.8 Å². The van der Waals surface area contributed by atoms with Gasteiger partial charge in [0.2, 0.25) is 0 Å². The molecule has 1 aliphatic heterocycles. The third-order valence-corrected chi connectivity index (χ3v) is 2.37. The van der Waals surface area contributed by atoms with E-state index >= 15 is 0 Å². The number of allylic oxidation sites excluding steroid dienone is 2. The Morgan fingerprint density at radius 1 is 1.14 bits per heavy atom. The van der Waals surface area contributed by atoms with Crippen molar-refractivity contribution < 1.29 is 9.31 Å². The molecule has 0 aromatic carbocycles. The van der Waals surface area contributed by atoms with E-state index in [4.69, 9.17) is 9.31 Å². The SMILES string of the molecule is CCCCC/C=C/CB1OCCCO1. The van der Waals surface area contributed by atoms with E-state index in [1.165, 1.54) is 25.7 Å². The number of hydrogen-bond acceptors (Lipinski definition) is 2. The van der Waals surface area contributed by atoms with Crippen LogP contribution in [0.1, 0.15) is 39.0 Å². The first kappa shape index (κ1) is 11.8. The lowest BCUT2D eigenvalue weighted by molar-refractivity contribution is 0.136. The van der Waals surface area contributed by atoms with Crippen molar-refractivity contribution >= 4 is 7.12 Å². The van der Waals surface area contributed by atoms with Crippen LogP contribution in [0.2, 0.25) is 6.32 Å². The summed E-state index contributed by atoms with van der Waals surface area (Å²) in [6, 6.07) is 0. The Morgan fingerprint density at radius 3 is 2.64 bits per heavy atom. The van der Waals surface area contributed by atoms with E-state index in [0.29, 0.717) is 0 Å². The number of unbranched alkanes of at least 4 members (excludes halogenated alkanes) is 3. The quantitative estimate of drug-likeness (QED) is 0.369. The predicted octanol–water partition coefficient (Wildman–Crippen LogP) is 3.05. The summed E-state index contributed by atoms with van der Waals surface area (Å²) in [4.78, 5) is 0. The predicted molar refractivity (Wildman–Crippen MR) is 60.4 cm³/mol. The maximum Gasteiger partial charge on any atom is 0.460 e. The molecule has 0 amide bonds.